The zero-order valence-electron chi connectivity index (χ0n) is 13.6. The average molecular weight is 309 g/mol. The molecule has 0 radical (unpaired) electrons. The summed E-state index contributed by atoms with van der Waals surface area (Å²) in [6.45, 7) is 10.9. The van der Waals surface area contributed by atoms with Crippen LogP contribution in [0.1, 0.15) is 45.9 Å². The fourth-order valence-corrected chi connectivity index (χ4v) is 2.80. The topological polar surface area (TPSA) is 55.3 Å². The Morgan fingerprint density at radius 3 is 2.67 bits per heavy atom. The van der Waals surface area contributed by atoms with Crippen LogP contribution in [0.4, 0.5) is 4.79 Å². The van der Waals surface area contributed by atoms with Crippen LogP contribution in [0, 0.1) is 0 Å². The molecule has 0 aliphatic carbocycles. The van der Waals surface area contributed by atoms with E-state index in [1.54, 1.807) is 4.90 Å². The summed E-state index contributed by atoms with van der Waals surface area (Å²) in [5, 5.41) is 0.771. The molecule has 0 saturated heterocycles. The normalized spacial score (nSPS) is 17.3. The van der Waals surface area contributed by atoms with E-state index in [1.807, 2.05) is 33.2 Å². The first-order valence-electron chi connectivity index (χ1n) is 7.01. The highest BCUT2D eigenvalue weighted by molar-refractivity contribution is 7.98. The van der Waals surface area contributed by atoms with Gasteiger partial charge in [0.1, 0.15) is 5.60 Å². The summed E-state index contributed by atoms with van der Waals surface area (Å²) in [5.74, 6) is 0. The van der Waals surface area contributed by atoms with Gasteiger partial charge in [0.2, 0.25) is 0 Å². The molecule has 0 N–H and O–H groups in total. The number of aromatic nitrogens is 2. The molecule has 21 heavy (non-hydrogen) atoms. The standard InChI is InChI=1S/C15H23N3O2S/c1-14(2,3)20-13(19)18-8-10-7-16-12(21-6)17-11(10)15(4,5)9-18/h7H,8-9H2,1-6H3. The van der Waals surface area contributed by atoms with E-state index in [2.05, 4.69) is 23.8 Å². The molecule has 0 unspecified atom stereocenters. The number of amides is 1. The van der Waals surface area contributed by atoms with Crippen LogP contribution >= 0.6 is 11.8 Å². The van der Waals surface area contributed by atoms with Crippen LogP contribution in [0.25, 0.3) is 0 Å². The second kappa shape index (κ2) is 5.48. The molecular weight excluding hydrogens is 286 g/mol. The minimum Gasteiger partial charge on any atom is -0.444 e. The molecule has 1 aromatic rings. The van der Waals surface area contributed by atoms with Gasteiger partial charge < -0.3 is 9.64 Å². The third-order valence-electron chi connectivity index (χ3n) is 3.27. The van der Waals surface area contributed by atoms with Gasteiger partial charge in [0.25, 0.3) is 0 Å². The van der Waals surface area contributed by atoms with Gasteiger partial charge in [-0.05, 0) is 27.0 Å². The summed E-state index contributed by atoms with van der Waals surface area (Å²) < 4.78 is 5.47. The van der Waals surface area contributed by atoms with Crippen molar-refractivity contribution in [2.24, 2.45) is 0 Å². The van der Waals surface area contributed by atoms with Crippen LogP contribution in [0.2, 0.25) is 0 Å². The Balaban J connectivity index is 2.27. The van der Waals surface area contributed by atoms with Gasteiger partial charge in [0.15, 0.2) is 5.16 Å². The number of carbonyl (C=O) groups is 1. The van der Waals surface area contributed by atoms with Crippen LogP contribution < -0.4 is 0 Å². The van der Waals surface area contributed by atoms with Gasteiger partial charge in [0, 0.05) is 23.7 Å². The van der Waals surface area contributed by atoms with Crippen LogP contribution in [0.15, 0.2) is 11.4 Å². The van der Waals surface area contributed by atoms with Crippen molar-refractivity contribution in [3.8, 4) is 0 Å². The molecule has 1 aliphatic rings. The average Bonchev–Trinajstić information content (AvgIpc) is 2.35. The lowest BCUT2D eigenvalue weighted by Crippen LogP contribution is -2.47. The first-order chi connectivity index (χ1) is 9.62. The predicted octanol–water partition coefficient (Wildman–Crippen LogP) is 3.23. The number of hydrogen-bond acceptors (Lipinski definition) is 5. The quantitative estimate of drug-likeness (QED) is 0.589. The van der Waals surface area contributed by atoms with Crippen molar-refractivity contribution in [3.63, 3.8) is 0 Å². The summed E-state index contributed by atoms with van der Waals surface area (Å²) in [6.07, 6.45) is 3.51. The van der Waals surface area contributed by atoms with Crippen LogP contribution in [0.5, 0.6) is 0 Å². The molecule has 2 heterocycles. The number of hydrogen-bond donors (Lipinski definition) is 0. The molecule has 116 valence electrons. The SMILES string of the molecule is CSc1ncc2c(n1)C(C)(C)CN(C(=O)OC(C)(C)C)C2. The third kappa shape index (κ3) is 3.67. The molecule has 0 bridgehead atoms. The summed E-state index contributed by atoms with van der Waals surface area (Å²) in [5.41, 5.74) is 1.33. The maximum atomic E-state index is 12.3. The minimum absolute atomic E-state index is 0.210. The van der Waals surface area contributed by atoms with Crippen LogP contribution in [0.3, 0.4) is 0 Å². The molecule has 1 aromatic heterocycles. The van der Waals surface area contributed by atoms with Crippen molar-refractivity contribution >= 4 is 17.9 Å². The molecule has 5 nitrogen and oxygen atoms in total. The van der Waals surface area contributed by atoms with E-state index >= 15 is 0 Å². The Morgan fingerprint density at radius 1 is 1.43 bits per heavy atom. The van der Waals surface area contributed by atoms with E-state index in [0.717, 1.165) is 16.4 Å². The Kier molecular flexibility index (Phi) is 4.19. The lowest BCUT2D eigenvalue weighted by atomic mass is 9.83. The zero-order valence-corrected chi connectivity index (χ0v) is 14.4. The van der Waals surface area contributed by atoms with Crippen molar-refractivity contribution in [3.05, 3.63) is 17.5 Å². The fraction of sp³-hybridized carbons (Fsp3) is 0.667. The van der Waals surface area contributed by atoms with Gasteiger partial charge in [-0.2, -0.15) is 0 Å². The van der Waals surface area contributed by atoms with Crippen molar-refractivity contribution in [1.29, 1.82) is 0 Å². The second-order valence-electron chi connectivity index (χ2n) is 6.95. The van der Waals surface area contributed by atoms with Gasteiger partial charge in [-0.3, -0.25) is 0 Å². The highest BCUT2D eigenvalue weighted by Gasteiger charge is 2.37. The fourth-order valence-electron chi connectivity index (χ4n) is 2.46. The van der Waals surface area contributed by atoms with E-state index in [4.69, 9.17) is 4.74 Å². The number of carbonyl (C=O) groups excluding carboxylic acids is 1. The minimum atomic E-state index is -0.485. The smallest absolute Gasteiger partial charge is 0.410 e. The van der Waals surface area contributed by atoms with Gasteiger partial charge in [-0.15, -0.1) is 0 Å². The molecule has 0 aromatic carbocycles. The molecular formula is C15H23N3O2S. The maximum Gasteiger partial charge on any atom is 0.410 e. The third-order valence-corrected chi connectivity index (χ3v) is 3.83. The van der Waals surface area contributed by atoms with Gasteiger partial charge >= 0.3 is 6.09 Å². The van der Waals surface area contributed by atoms with Crippen molar-refractivity contribution in [2.45, 2.75) is 57.3 Å². The van der Waals surface area contributed by atoms with E-state index in [1.165, 1.54) is 11.8 Å². The van der Waals surface area contributed by atoms with Gasteiger partial charge in [0.05, 0.1) is 12.2 Å². The summed E-state index contributed by atoms with van der Waals surface area (Å²) in [6, 6.07) is 0. The molecule has 0 fully saturated rings. The Bertz CT molecular complexity index is 552. The maximum absolute atomic E-state index is 12.3. The first-order valence-corrected chi connectivity index (χ1v) is 8.23. The van der Waals surface area contributed by atoms with E-state index in [9.17, 15) is 4.79 Å². The largest absolute Gasteiger partial charge is 0.444 e. The van der Waals surface area contributed by atoms with Crippen LogP contribution in [-0.4, -0.2) is 39.4 Å². The lowest BCUT2D eigenvalue weighted by molar-refractivity contribution is 0.0170. The Morgan fingerprint density at radius 2 is 2.10 bits per heavy atom. The second-order valence-corrected chi connectivity index (χ2v) is 7.72. The molecule has 0 saturated carbocycles. The summed E-state index contributed by atoms with van der Waals surface area (Å²) in [4.78, 5) is 23.0. The molecule has 2 rings (SSSR count). The summed E-state index contributed by atoms with van der Waals surface area (Å²) in [7, 11) is 0. The number of fused-ring (bicyclic) bond motifs is 1. The zero-order chi connectivity index (χ0) is 15.8. The Hall–Kier alpha value is -1.30. The number of rotatable bonds is 1. The van der Waals surface area contributed by atoms with Crippen molar-refractivity contribution < 1.29 is 9.53 Å². The monoisotopic (exact) mass is 309 g/mol. The van der Waals surface area contributed by atoms with Crippen LogP contribution in [-0.2, 0) is 16.7 Å². The first kappa shape index (κ1) is 16.1. The number of ether oxygens (including phenoxy) is 1. The number of nitrogens with zero attached hydrogens (tertiary/aromatic N) is 3. The van der Waals surface area contributed by atoms with E-state index in [-0.39, 0.29) is 11.5 Å². The lowest BCUT2D eigenvalue weighted by Gasteiger charge is -2.39. The predicted molar refractivity (Wildman–Crippen MR) is 83.5 cm³/mol. The molecule has 0 atom stereocenters. The number of thioether (sulfide) groups is 1. The highest BCUT2D eigenvalue weighted by Crippen LogP contribution is 2.33. The van der Waals surface area contributed by atoms with Gasteiger partial charge in [-0.1, -0.05) is 25.6 Å². The molecule has 6 heteroatoms. The molecule has 0 spiro atoms. The van der Waals surface area contributed by atoms with E-state index in [0.29, 0.717) is 13.1 Å². The highest BCUT2D eigenvalue weighted by atomic mass is 32.2. The van der Waals surface area contributed by atoms with Gasteiger partial charge in [-0.25, -0.2) is 14.8 Å². The molecule has 1 amide bonds. The van der Waals surface area contributed by atoms with E-state index < -0.39 is 5.60 Å². The summed E-state index contributed by atoms with van der Waals surface area (Å²) >= 11 is 1.53. The Labute approximate surface area is 130 Å². The van der Waals surface area contributed by atoms with Crippen molar-refractivity contribution in [1.82, 2.24) is 14.9 Å². The van der Waals surface area contributed by atoms with Crippen molar-refractivity contribution in [2.75, 3.05) is 12.8 Å². The molecule has 1 aliphatic heterocycles.